The van der Waals surface area contributed by atoms with Gasteiger partial charge in [-0.05, 0) is 6.08 Å². The molecule has 1 heterocycles. The highest BCUT2D eigenvalue weighted by Gasteiger charge is 2.14. The second kappa shape index (κ2) is 2.87. The van der Waals surface area contributed by atoms with E-state index in [4.69, 9.17) is 9.84 Å². The third-order valence-corrected chi connectivity index (χ3v) is 1.48. The van der Waals surface area contributed by atoms with Crippen LogP contribution in [0, 0.1) is 0 Å². The van der Waals surface area contributed by atoms with Gasteiger partial charge in [-0.1, -0.05) is 6.92 Å². The summed E-state index contributed by atoms with van der Waals surface area (Å²) in [5, 5.41) is 8.62. The molecule has 1 atom stereocenters. The van der Waals surface area contributed by atoms with Gasteiger partial charge in [0.15, 0.2) is 0 Å². The van der Waals surface area contributed by atoms with E-state index in [2.05, 4.69) is 0 Å². The molecule has 2 heteroatoms. The quantitative estimate of drug-likeness (QED) is 0.602. The molecule has 9 heavy (non-hydrogen) atoms. The SMILES string of the molecule is CCC1=CCC(CO)O1. The first-order chi connectivity index (χ1) is 4.36. The monoisotopic (exact) mass is 128 g/mol. The molecular formula is C7H12O2. The van der Waals surface area contributed by atoms with Crippen molar-refractivity contribution in [2.45, 2.75) is 25.9 Å². The summed E-state index contributed by atoms with van der Waals surface area (Å²) >= 11 is 0. The van der Waals surface area contributed by atoms with Crippen LogP contribution in [0.2, 0.25) is 0 Å². The van der Waals surface area contributed by atoms with Crippen LogP contribution >= 0.6 is 0 Å². The summed E-state index contributed by atoms with van der Waals surface area (Å²) in [5.74, 6) is 1.02. The minimum atomic E-state index is 0.0416. The lowest BCUT2D eigenvalue weighted by molar-refractivity contribution is 0.0768. The Morgan fingerprint density at radius 3 is 3.00 bits per heavy atom. The summed E-state index contributed by atoms with van der Waals surface area (Å²) in [5.41, 5.74) is 0. The van der Waals surface area contributed by atoms with E-state index in [0.29, 0.717) is 0 Å². The van der Waals surface area contributed by atoms with Crippen LogP contribution in [0.25, 0.3) is 0 Å². The smallest absolute Gasteiger partial charge is 0.125 e. The lowest BCUT2D eigenvalue weighted by Crippen LogP contribution is -2.10. The highest BCUT2D eigenvalue weighted by Crippen LogP contribution is 2.18. The van der Waals surface area contributed by atoms with Gasteiger partial charge in [-0.15, -0.1) is 0 Å². The number of aliphatic hydroxyl groups is 1. The third kappa shape index (κ3) is 1.45. The van der Waals surface area contributed by atoms with Crippen LogP contribution in [0.3, 0.4) is 0 Å². The Morgan fingerprint density at radius 1 is 1.89 bits per heavy atom. The molecule has 0 aliphatic carbocycles. The van der Waals surface area contributed by atoms with Crippen LogP contribution in [0.5, 0.6) is 0 Å². The molecule has 1 aliphatic rings. The molecule has 2 nitrogen and oxygen atoms in total. The van der Waals surface area contributed by atoms with Gasteiger partial charge in [0, 0.05) is 12.8 Å². The Labute approximate surface area is 55.1 Å². The summed E-state index contributed by atoms with van der Waals surface area (Å²) in [7, 11) is 0. The number of allylic oxidation sites excluding steroid dienone is 1. The molecule has 1 rings (SSSR count). The zero-order valence-electron chi connectivity index (χ0n) is 5.63. The number of hydrogen-bond donors (Lipinski definition) is 1. The second-order valence-electron chi connectivity index (χ2n) is 2.18. The highest BCUT2D eigenvalue weighted by molar-refractivity contribution is 5.00. The van der Waals surface area contributed by atoms with Gasteiger partial charge in [0.2, 0.25) is 0 Å². The zero-order valence-corrected chi connectivity index (χ0v) is 5.63. The van der Waals surface area contributed by atoms with Crippen molar-refractivity contribution in [3.8, 4) is 0 Å². The van der Waals surface area contributed by atoms with Crippen molar-refractivity contribution in [3.05, 3.63) is 11.8 Å². The molecular weight excluding hydrogens is 116 g/mol. The predicted molar refractivity (Wildman–Crippen MR) is 34.9 cm³/mol. The van der Waals surface area contributed by atoms with Crippen molar-refractivity contribution in [2.75, 3.05) is 6.61 Å². The van der Waals surface area contributed by atoms with Gasteiger partial charge < -0.3 is 9.84 Å². The first-order valence-electron chi connectivity index (χ1n) is 3.33. The van der Waals surface area contributed by atoms with E-state index in [-0.39, 0.29) is 12.7 Å². The van der Waals surface area contributed by atoms with Gasteiger partial charge >= 0.3 is 0 Å². The number of ether oxygens (including phenoxy) is 1. The predicted octanol–water partition coefficient (Wildman–Crippen LogP) is 1.06. The Hall–Kier alpha value is -0.500. The van der Waals surface area contributed by atoms with Crippen LogP contribution < -0.4 is 0 Å². The molecule has 0 fully saturated rings. The van der Waals surface area contributed by atoms with Crippen molar-refractivity contribution in [1.82, 2.24) is 0 Å². The fraction of sp³-hybridized carbons (Fsp3) is 0.714. The van der Waals surface area contributed by atoms with E-state index in [1.807, 2.05) is 13.0 Å². The highest BCUT2D eigenvalue weighted by atomic mass is 16.5. The van der Waals surface area contributed by atoms with Crippen molar-refractivity contribution >= 4 is 0 Å². The minimum absolute atomic E-state index is 0.0416. The van der Waals surface area contributed by atoms with Crippen LogP contribution in [-0.4, -0.2) is 17.8 Å². The molecule has 1 N–H and O–H groups in total. The van der Waals surface area contributed by atoms with Crippen molar-refractivity contribution in [3.63, 3.8) is 0 Å². The molecule has 0 aromatic rings. The largest absolute Gasteiger partial charge is 0.492 e. The van der Waals surface area contributed by atoms with Gasteiger partial charge in [-0.3, -0.25) is 0 Å². The first-order valence-corrected chi connectivity index (χ1v) is 3.33. The minimum Gasteiger partial charge on any atom is -0.492 e. The molecule has 1 unspecified atom stereocenters. The van der Waals surface area contributed by atoms with Gasteiger partial charge in [0.1, 0.15) is 6.10 Å². The molecule has 0 spiro atoms. The third-order valence-electron chi connectivity index (χ3n) is 1.48. The van der Waals surface area contributed by atoms with E-state index >= 15 is 0 Å². The van der Waals surface area contributed by atoms with Crippen LogP contribution in [0.1, 0.15) is 19.8 Å². The maximum absolute atomic E-state index is 8.62. The summed E-state index contributed by atoms with van der Waals surface area (Å²) < 4.78 is 5.27. The van der Waals surface area contributed by atoms with Crippen molar-refractivity contribution in [2.24, 2.45) is 0 Å². The van der Waals surface area contributed by atoms with E-state index in [9.17, 15) is 0 Å². The number of aliphatic hydroxyl groups excluding tert-OH is 1. The number of hydrogen-bond acceptors (Lipinski definition) is 2. The maximum Gasteiger partial charge on any atom is 0.125 e. The normalized spacial score (nSPS) is 25.6. The molecule has 0 saturated carbocycles. The average molecular weight is 128 g/mol. The molecule has 0 aromatic carbocycles. The summed E-state index contributed by atoms with van der Waals surface area (Å²) in [6, 6.07) is 0. The second-order valence-corrected chi connectivity index (χ2v) is 2.18. The molecule has 52 valence electrons. The Bertz CT molecular complexity index is 118. The van der Waals surface area contributed by atoms with E-state index in [1.165, 1.54) is 0 Å². The topological polar surface area (TPSA) is 29.5 Å². The zero-order chi connectivity index (χ0) is 6.69. The van der Waals surface area contributed by atoms with E-state index < -0.39 is 0 Å². The van der Waals surface area contributed by atoms with E-state index in [0.717, 1.165) is 18.6 Å². The fourth-order valence-electron chi connectivity index (χ4n) is 0.913. The van der Waals surface area contributed by atoms with Gasteiger partial charge in [-0.2, -0.15) is 0 Å². The Balaban J connectivity index is 2.31. The average Bonchev–Trinajstić information content (AvgIpc) is 2.34. The molecule has 1 aliphatic heterocycles. The molecule has 0 aromatic heterocycles. The molecule has 0 bridgehead atoms. The fourth-order valence-corrected chi connectivity index (χ4v) is 0.913. The van der Waals surface area contributed by atoms with Gasteiger partial charge in [0.05, 0.1) is 12.4 Å². The Morgan fingerprint density at radius 2 is 2.67 bits per heavy atom. The lowest BCUT2D eigenvalue weighted by Gasteiger charge is -2.07. The van der Waals surface area contributed by atoms with Gasteiger partial charge in [-0.25, -0.2) is 0 Å². The summed E-state index contributed by atoms with van der Waals surface area (Å²) in [6.45, 7) is 2.19. The van der Waals surface area contributed by atoms with Crippen LogP contribution in [-0.2, 0) is 4.74 Å². The summed E-state index contributed by atoms with van der Waals surface area (Å²) in [4.78, 5) is 0. The van der Waals surface area contributed by atoms with E-state index in [1.54, 1.807) is 0 Å². The Kier molecular flexibility index (Phi) is 2.11. The number of rotatable bonds is 2. The summed E-state index contributed by atoms with van der Waals surface area (Å²) in [6.07, 6.45) is 3.90. The molecule has 0 radical (unpaired) electrons. The standard InChI is InChI=1S/C7H12O2/c1-2-6-3-4-7(5-8)9-6/h3,7-8H,2,4-5H2,1H3. The first kappa shape index (κ1) is 6.62. The molecule has 0 saturated heterocycles. The van der Waals surface area contributed by atoms with Crippen molar-refractivity contribution < 1.29 is 9.84 Å². The van der Waals surface area contributed by atoms with Crippen LogP contribution in [0.4, 0.5) is 0 Å². The molecule has 0 amide bonds. The van der Waals surface area contributed by atoms with Gasteiger partial charge in [0.25, 0.3) is 0 Å². The van der Waals surface area contributed by atoms with Crippen molar-refractivity contribution in [1.29, 1.82) is 0 Å². The maximum atomic E-state index is 8.62. The lowest BCUT2D eigenvalue weighted by atomic mass is 10.3. The van der Waals surface area contributed by atoms with Crippen LogP contribution in [0.15, 0.2) is 11.8 Å².